The van der Waals surface area contributed by atoms with E-state index < -0.39 is 28.8 Å². The minimum atomic E-state index is -4.72. The van der Waals surface area contributed by atoms with Gasteiger partial charge in [-0.05, 0) is 31.6 Å². The molecule has 0 bridgehead atoms. The zero-order valence-electron chi connectivity index (χ0n) is 17.2. The number of piperidine rings is 1. The number of rotatable bonds is 5. The molecule has 0 aromatic carbocycles. The normalized spacial score (nSPS) is 17.6. The Morgan fingerprint density at radius 1 is 1.31 bits per heavy atom. The number of alkyl halides is 3. The van der Waals surface area contributed by atoms with Gasteiger partial charge in [0.05, 0.1) is 26.4 Å². The Hall–Kier alpha value is -2.27. The van der Waals surface area contributed by atoms with Crippen LogP contribution in [0.25, 0.3) is 10.2 Å². The molecule has 1 saturated heterocycles. The quantitative estimate of drug-likeness (QED) is 0.635. The van der Waals surface area contributed by atoms with Gasteiger partial charge in [-0.2, -0.15) is 13.2 Å². The van der Waals surface area contributed by atoms with Crippen molar-refractivity contribution in [3.8, 4) is 0 Å². The van der Waals surface area contributed by atoms with Gasteiger partial charge in [0.15, 0.2) is 0 Å². The molecule has 2 amide bonds. The third-order valence-corrected chi connectivity index (χ3v) is 7.33. The summed E-state index contributed by atoms with van der Waals surface area (Å²) in [4.78, 5) is 31.3. The van der Waals surface area contributed by atoms with Gasteiger partial charge in [-0.25, -0.2) is 9.78 Å². The van der Waals surface area contributed by atoms with Crippen LogP contribution in [0, 0.1) is 5.92 Å². The Bertz CT molecular complexity index is 1050. The number of nitrogens with zero attached hydrogens (tertiary/aromatic N) is 3. The van der Waals surface area contributed by atoms with E-state index in [9.17, 15) is 27.9 Å². The molecule has 1 aliphatic heterocycles. The topological polar surface area (TPSA) is 85.8 Å². The number of fused-ring (bicyclic) bond motifs is 1. The summed E-state index contributed by atoms with van der Waals surface area (Å²) in [6, 6.07) is -0.198. The van der Waals surface area contributed by atoms with Gasteiger partial charge in [0.25, 0.3) is 5.91 Å². The van der Waals surface area contributed by atoms with Gasteiger partial charge < -0.3 is 20.2 Å². The van der Waals surface area contributed by atoms with Crippen molar-refractivity contribution in [3.63, 3.8) is 0 Å². The van der Waals surface area contributed by atoms with E-state index in [-0.39, 0.29) is 27.6 Å². The molecule has 0 unspecified atom stereocenters. The van der Waals surface area contributed by atoms with Crippen LogP contribution < -0.4 is 10.2 Å². The molecule has 174 valence electrons. The van der Waals surface area contributed by atoms with E-state index in [0.717, 1.165) is 24.2 Å². The highest BCUT2D eigenvalue weighted by Crippen LogP contribution is 2.46. The molecule has 2 fully saturated rings. The Morgan fingerprint density at radius 2 is 1.97 bits per heavy atom. The molecule has 2 aliphatic rings. The van der Waals surface area contributed by atoms with Crippen LogP contribution >= 0.6 is 22.9 Å². The summed E-state index contributed by atoms with van der Waals surface area (Å²) in [5.41, 5.74) is -0.973. The second-order valence-electron chi connectivity index (χ2n) is 8.12. The fourth-order valence-electron chi connectivity index (χ4n) is 4.12. The van der Waals surface area contributed by atoms with E-state index in [1.54, 1.807) is 4.90 Å². The van der Waals surface area contributed by atoms with Gasteiger partial charge in [-0.3, -0.25) is 4.79 Å². The molecule has 4 rings (SSSR count). The van der Waals surface area contributed by atoms with Crippen LogP contribution in [0.4, 0.5) is 23.8 Å². The Kier molecular flexibility index (Phi) is 6.15. The van der Waals surface area contributed by atoms with Crippen LogP contribution in [-0.4, -0.2) is 59.7 Å². The van der Waals surface area contributed by atoms with Crippen LogP contribution in [0.2, 0.25) is 5.02 Å². The lowest BCUT2D eigenvalue weighted by atomic mass is 10.0. The van der Waals surface area contributed by atoms with E-state index in [1.807, 2.05) is 0 Å². The van der Waals surface area contributed by atoms with E-state index >= 15 is 0 Å². The third kappa shape index (κ3) is 4.32. The van der Waals surface area contributed by atoms with Crippen molar-refractivity contribution in [1.82, 2.24) is 15.2 Å². The van der Waals surface area contributed by atoms with Crippen LogP contribution in [0.1, 0.15) is 41.6 Å². The van der Waals surface area contributed by atoms with E-state index in [2.05, 4.69) is 10.3 Å². The summed E-state index contributed by atoms with van der Waals surface area (Å²) in [5, 5.41) is 12.8. The maximum atomic E-state index is 13.9. The lowest BCUT2D eigenvalue weighted by Gasteiger charge is -2.38. The van der Waals surface area contributed by atoms with Crippen molar-refractivity contribution in [1.29, 1.82) is 0 Å². The number of carbonyl (C=O) groups excluding carboxylic acids is 1. The molecule has 2 N–H and O–H groups in total. The largest absolute Gasteiger partial charge is 0.465 e. The molecule has 1 aliphatic carbocycles. The second kappa shape index (κ2) is 8.58. The number of carboxylic acid groups (broad SMARTS) is 1. The highest BCUT2D eigenvalue weighted by atomic mass is 35.5. The van der Waals surface area contributed by atoms with Crippen LogP contribution in [0.3, 0.4) is 0 Å². The standard InChI is InChI=1S/C20H22ClF3N4O3S/c1-25-18(29)12-9-32-16-13(20(22,23)24)14(21)17(26-15(12)16)27-6-4-11(5-7-27)28(19(30)31)8-10-2-3-10/h9-11H,2-8H2,1H3,(H,25,29)(H,30,31). The zero-order valence-corrected chi connectivity index (χ0v) is 18.8. The summed E-state index contributed by atoms with van der Waals surface area (Å²) in [6.07, 6.45) is -2.72. The van der Waals surface area contributed by atoms with E-state index in [4.69, 9.17) is 11.6 Å². The first-order chi connectivity index (χ1) is 15.1. The summed E-state index contributed by atoms with van der Waals surface area (Å²) in [7, 11) is 1.40. The molecule has 1 saturated carbocycles. The van der Waals surface area contributed by atoms with Crippen molar-refractivity contribution in [2.75, 3.05) is 31.6 Å². The lowest BCUT2D eigenvalue weighted by Crippen LogP contribution is -2.48. The molecule has 0 atom stereocenters. The molecule has 32 heavy (non-hydrogen) atoms. The van der Waals surface area contributed by atoms with Crippen molar-refractivity contribution < 1.29 is 27.9 Å². The van der Waals surface area contributed by atoms with E-state index in [1.165, 1.54) is 17.3 Å². The van der Waals surface area contributed by atoms with Crippen LogP contribution in [0.5, 0.6) is 0 Å². The molecule has 12 heteroatoms. The molecular formula is C20H22ClF3N4O3S. The number of pyridine rings is 1. The minimum absolute atomic E-state index is 0.0300. The first-order valence-corrected chi connectivity index (χ1v) is 11.5. The number of halogens is 4. The van der Waals surface area contributed by atoms with Crippen molar-refractivity contribution >= 4 is 51.0 Å². The highest BCUT2D eigenvalue weighted by molar-refractivity contribution is 7.17. The lowest BCUT2D eigenvalue weighted by molar-refractivity contribution is -0.136. The van der Waals surface area contributed by atoms with Gasteiger partial charge in [0, 0.05) is 38.1 Å². The Balaban J connectivity index is 1.66. The summed E-state index contributed by atoms with van der Waals surface area (Å²) >= 11 is 7.01. The number of nitrogens with one attached hydrogen (secondary N) is 1. The van der Waals surface area contributed by atoms with Crippen molar-refractivity contribution in [3.05, 3.63) is 21.5 Å². The van der Waals surface area contributed by atoms with Gasteiger partial charge in [0.2, 0.25) is 0 Å². The average molecular weight is 491 g/mol. The number of carbonyl (C=O) groups is 2. The van der Waals surface area contributed by atoms with Crippen LogP contribution in [-0.2, 0) is 6.18 Å². The predicted molar refractivity (Wildman–Crippen MR) is 116 cm³/mol. The molecule has 7 nitrogen and oxygen atoms in total. The number of aromatic nitrogens is 1. The molecular weight excluding hydrogens is 469 g/mol. The predicted octanol–water partition coefficient (Wildman–Crippen LogP) is 4.69. The summed E-state index contributed by atoms with van der Waals surface area (Å²) in [5.74, 6) is -0.155. The molecule has 0 spiro atoms. The highest BCUT2D eigenvalue weighted by Gasteiger charge is 2.40. The number of anilines is 1. The molecule has 2 aromatic heterocycles. The fraction of sp³-hybridized carbons (Fsp3) is 0.550. The third-order valence-electron chi connectivity index (χ3n) is 5.98. The number of hydrogen-bond acceptors (Lipinski definition) is 5. The van der Waals surface area contributed by atoms with Crippen molar-refractivity contribution in [2.24, 2.45) is 5.92 Å². The van der Waals surface area contributed by atoms with Gasteiger partial charge >= 0.3 is 12.3 Å². The molecule has 0 radical (unpaired) electrons. The average Bonchev–Trinajstić information content (AvgIpc) is 3.47. The van der Waals surface area contributed by atoms with Crippen LogP contribution in [0.15, 0.2) is 5.38 Å². The molecule has 2 aromatic rings. The maximum absolute atomic E-state index is 13.9. The smallest absolute Gasteiger partial charge is 0.419 e. The zero-order chi connectivity index (χ0) is 23.2. The summed E-state index contributed by atoms with van der Waals surface area (Å²) < 4.78 is 41.5. The summed E-state index contributed by atoms with van der Waals surface area (Å²) in [6.45, 7) is 1.12. The number of hydrogen-bond donors (Lipinski definition) is 2. The minimum Gasteiger partial charge on any atom is -0.465 e. The first-order valence-electron chi connectivity index (χ1n) is 10.3. The monoisotopic (exact) mass is 490 g/mol. The van der Waals surface area contributed by atoms with Gasteiger partial charge in [-0.1, -0.05) is 11.6 Å². The van der Waals surface area contributed by atoms with Crippen molar-refractivity contribution in [2.45, 2.75) is 37.9 Å². The Morgan fingerprint density at radius 3 is 2.50 bits per heavy atom. The number of amides is 2. The van der Waals surface area contributed by atoms with Gasteiger partial charge in [0.1, 0.15) is 5.82 Å². The first kappa shape index (κ1) is 22.9. The second-order valence-corrected chi connectivity index (χ2v) is 9.38. The molecule has 3 heterocycles. The number of thiophene rings is 1. The van der Waals surface area contributed by atoms with Gasteiger partial charge in [-0.15, -0.1) is 11.3 Å². The fourth-order valence-corrected chi connectivity index (χ4v) is 5.59. The van der Waals surface area contributed by atoms with E-state index in [0.29, 0.717) is 38.4 Å². The SMILES string of the molecule is CNC(=O)c1csc2c(C(F)(F)F)c(Cl)c(N3CCC(N(CC4CC4)C(=O)O)CC3)nc12. The Labute approximate surface area is 191 Å². The maximum Gasteiger partial charge on any atom is 0.419 e.